The molecule has 0 aliphatic heterocycles. The minimum atomic E-state index is -0.438. The Kier molecular flexibility index (Phi) is 5.78. The van der Waals surface area contributed by atoms with Crippen LogP contribution < -0.4 is 0 Å². The number of hydrogen-bond acceptors (Lipinski definition) is 3. The van der Waals surface area contributed by atoms with E-state index < -0.39 is 6.10 Å². The van der Waals surface area contributed by atoms with Crippen molar-refractivity contribution in [1.82, 2.24) is 0 Å². The van der Waals surface area contributed by atoms with Gasteiger partial charge in [-0.25, -0.2) is 0 Å². The molecule has 0 radical (unpaired) electrons. The Labute approximate surface area is 93.8 Å². The average Bonchev–Trinajstić information content (AvgIpc) is 1.97. The monoisotopic (exact) mass is 218 g/mol. The highest BCUT2D eigenvalue weighted by molar-refractivity contribution is 4.63. The molecular weight excluding hydrogens is 192 g/mol. The van der Waals surface area contributed by atoms with Crippen molar-refractivity contribution in [3.63, 3.8) is 0 Å². The van der Waals surface area contributed by atoms with Gasteiger partial charge in [-0.05, 0) is 48.0 Å². The highest BCUT2D eigenvalue weighted by atomic mass is 16.5. The van der Waals surface area contributed by atoms with E-state index in [1.165, 1.54) is 0 Å². The van der Waals surface area contributed by atoms with Gasteiger partial charge < -0.3 is 14.6 Å². The fourth-order valence-electron chi connectivity index (χ4n) is 0.931. The molecule has 3 heteroatoms. The molecule has 0 aliphatic carbocycles. The third kappa shape index (κ3) is 11.8. The topological polar surface area (TPSA) is 38.7 Å². The predicted octanol–water partition coefficient (Wildman–Crippen LogP) is 2.37. The summed E-state index contributed by atoms with van der Waals surface area (Å²) < 4.78 is 11.0. The fraction of sp³-hybridized carbons (Fsp3) is 1.00. The summed E-state index contributed by atoms with van der Waals surface area (Å²) in [6, 6.07) is 0. The van der Waals surface area contributed by atoms with E-state index in [1.54, 1.807) is 0 Å². The number of aliphatic hydroxyl groups excluding tert-OH is 1. The van der Waals surface area contributed by atoms with Crippen LogP contribution >= 0.6 is 0 Å². The van der Waals surface area contributed by atoms with E-state index in [1.807, 2.05) is 41.5 Å². The van der Waals surface area contributed by atoms with E-state index in [9.17, 15) is 5.11 Å². The Balaban J connectivity index is 3.54. The van der Waals surface area contributed by atoms with Gasteiger partial charge in [0.2, 0.25) is 0 Å². The smallest absolute Gasteiger partial charge is 0.0795 e. The molecule has 0 saturated heterocycles. The predicted molar refractivity (Wildman–Crippen MR) is 62.0 cm³/mol. The van der Waals surface area contributed by atoms with Crippen LogP contribution in [0.25, 0.3) is 0 Å². The maximum absolute atomic E-state index is 9.60. The lowest BCUT2D eigenvalue weighted by Crippen LogP contribution is -2.28. The molecule has 0 aromatic heterocycles. The first-order chi connectivity index (χ1) is 6.60. The van der Waals surface area contributed by atoms with Crippen LogP contribution in [0.15, 0.2) is 0 Å². The Morgan fingerprint density at radius 1 is 0.933 bits per heavy atom. The second-order valence-corrected chi connectivity index (χ2v) is 5.83. The van der Waals surface area contributed by atoms with Gasteiger partial charge in [-0.1, -0.05) is 0 Å². The minimum Gasteiger partial charge on any atom is -0.391 e. The summed E-state index contributed by atoms with van der Waals surface area (Å²) in [6.45, 7) is 12.9. The number of ether oxygens (including phenoxy) is 2. The van der Waals surface area contributed by atoms with Crippen molar-refractivity contribution in [3.8, 4) is 0 Å². The Bertz CT molecular complexity index is 165. The van der Waals surface area contributed by atoms with Crippen molar-refractivity contribution < 1.29 is 14.6 Å². The molecule has 0 saturated carbocycles. The second-order valence-electron chi connectivity index (χ2n) is 5.83. The zero-order valence-corrected chi connectivity index (χ0v) is 11.0. The summed E-state index contributed by atoms with van der Waals surface area (Å²) in [5, 5.41) is 9.60. The Morgan fingerprint density at radius 3 is 1.80 bits per heavy atom. The lowest BCUT2D eigenvalue weighted by molar-refractivity contribution is -0.0673. The summed E-state index contributed by atoms with van der Waals surface area (Å²) >= 11 is 0. The molecule has 1 atom stereocenters. The van der Waals surface area contributed by atoms with Gasteiger partial charge >= 0.3 is 0 Å². The van der Waals surface area contributed by atoms with Gasteiger partial charge in [0.1, 0.15) is 0 Å². The SMILES string of the molecule is CC(C)(C)OCCC(O)COC(C)(C)C. The lowest BCUT2D eigenvalue weighted by atomic mass is 10.2. The number of rotatable bonds is 5. The summed E-state index contributed by atoms with van der Waals surface area (Å²) in [4.78, 5) is 0. The number of hydrogen-bond donors (Lipinski definition) is 1. The standard InChI is InChI=1S/C12H26O3/c1-11(2,3)14-8-7-10(13)9-15-12(4,5)6/h10,13H,7-9H2,1-6H3. The van der Waals surface area contributed by atoms with Crippen LogP contribution in [0.5, 0.6) is 0 Å². The lowest BCUT2D eigenvalue weighted by Gasteiger charge is -2.23. The van der Waals surface area contributed by atoms with Gasteiger partial charge in [0.25, 0.3) is 0 Å². The van der Waals surface area contributed by atoms with E-state index in [0.717, 1.165) is 0 Å². The molecule has 0 heterocycles. The van der Waals surface area contributed by atoms with Crippen LogP contribution in [0, 0.1) is 0 Å². The molecule has 0 rings (SSSR count). The molecule has 15 heavy (non-hydrogen) atoms. The average molecular weight is 218 g/mol. The molecule has 0 aromatic rings. The van der Waals surface area contributed by atoms with E-state index in [2.05, 4.69) is 0 Å². The molecule has 0 fully saturated rings. The summed E-state index contributed by atoms with van der Waals surface area (Å²) in [7, 11) is 0. The Hall–Kier alpha value is -0.120. The van der Waals surface area contributed by atoms with Crippen LogP contribution in [-0.4, -0.2) is 35.6 Å². The molecule has 0 amide bonds. The Morgan fingerprint density at radius 2 is 1.40 bits per heavy atom. The van der Waals surface area contributed by atoms with Crippen molar-refractivity contribution in [2.24, 2.45) is 0 Å². The first kappa shape index (κ1) is 14.9. The van der Waals surface area contributed by atoms with Crippen molar-refractivity contribution in [2.75, 3.05) is 13.2 Å². The zero-order chi connectivity index (χ0) is 12.1. The summed E-state index contributed by atoms with van der Waals surface area (Å²) in [6.07, 6.45) is 0.180. The van der Waals surface area contributed by atoms with Gasteiger partial charge in [0.05, 0.1) is 23.9 Å². The number of aliphatic hydroxyl groups is 1. The molecule has 3 nitrogen and oxygen atoms in total. The molecule has 0 spiro atoms. The van der Waals surface area contributed by atoms with Crippen LogP contribution in [0.3, 0.4) is 0 Å². The van der Waals surface area contributed by atoms with Crippen molar-refractivity contribution in [1.29, 1.82) is 0 Å². The van der Waals surface area contributed by atoms with Gasteiger partial charge in [0.15, 0.2) is 0 Å². The molecule has 1 N–H and O–H groups in total. The van der Waals surface area contributed by atoms with Crippen LogP contribution in [0.4, 0.5) is 0 Å². The van der Waals surface area contributed by atoms with Crippen molar-refractivity contribution in [3.05, 3.63) is 0 Å². The van der Waals surface area contributed by atoms with Crippen LogP contribution in [-0.2, 0) is 9.47 Å². The summed E-state index contributed by atoms with van der Waals surface area (Å²) in [5.74, 6) is 0. The molecule has 0 aliphatic rings. The zero-order valence-electron chi connectivity index (χ0n) is 11.0. The third-order valence-electron chi connectivity index (χ3n) is 1.69. The van der Waals surface area contributed by atoms with E-state index in [-0.39, 0.29) is 11.2 Å². The van der Waals surface area contributed by atoms with Gasteiger partial charge in [-0.3, -0.25) is 0 Å². The van der Waals surface area contributed by atoms with E-state index >= 15 is 0 Å². The van der Waals surface area contributed by atoms with Gasteiger partial charge in [-0.2, -0.15) is 0 Å². The summed E-state index contributed by atoms with van der Waals surface area (Å²) in [5.41, 5.74) is -0.323. The van der Waals surface area contributed by atoms with Crippen molar-refractivity contribution in [2.45, 2.75) is 65.3 Å². The molecular formula is C12H26O3. The first-order valence-corrected chi connectivity index (χ1v) is 5.56. The van der Waals surface area contributed by atoms with Crippen molar-refractivity contribution >= 4 is 0 Å². The third-order valence-corrected chi connectivity index (χ3v) is 1.69. The van der Waals surface area contributed by atoms with E-state index in [4.69, 9.17) is 9.47 Å². The normalized spacial score (nSPS) is 15.4. The largest absolute Gasteiger partial charge is 0.391 e. The molecule has 1 unspecified atom stereocenters. The first-order valence-electron chi connectivity index (χ1n) is 5.56. The maximum atomic E-state index is 9.60. The van der Waals surface area contributed by atoms with Crippen LogP contribution in [0.1, 0.15) is 48.0 Å². The maximum Gasteiger partial charge on any atom is 0.0795 e. The van der Waals surface area contributed by atoms with Gasteiger partial charge in [-0.15, -0.1) is 0 Å². The quantitative estimate of drug-likeness (QED) is 0.770. The molecule has 0 aromatic carbocycles. The fourth-order valence-corrected chi connectivity index (χ4v) is 0.931. The second kappa shape index (κ2) is 5.83. The highest BCUT2D eigenvalue weighted by Gasteiger charge is 2.15. The minimum absolute atomic E-state index is 0.134. The van der Waals surface area contributed by atoms with E-state index in [0.29, 0.717) is 19.6 Å². The molecule has 0 bridgehead atoms. The highest BCUT2D eigenvalue weighted by Crippen LogP contribution is 2.10. The van der Waals surface area contributed by atoms with Crippen LogP contribution in [0.2, 0.25) is 0 Å². The molecule has 92 valence electrons. The van der Waals surface area contributed by atoms with Gasteiger partial charge in [0, 0.05) is 6.61 Å².